The molecule has 0 bridgehead atoms. The SMILES string of the molecule is OCc1c(F)ccc2c1OCCO2. The number of hydrogen-bond donors (Lipinski definition) is 1. The van der Waals surface area contributed by atoms with E-state index >= 15 is 0 Å². The summed E-state index contributed by atoms with van der Waals surface area (Å²) in [5.74, 6) is 0.359. The van der Waals surface area contributed by atoms with E-state index in [9.17, 15) is 4.39 Å². The number of aliphatic hydroxyl groups is 1. The second kappa shape index (κ2) is 3.22. The van der Waals surface area contributed by atoms with Gasteiger partial charge in [0.15, 0.2) is 11.5 Å². The van der Waals surface area contributed by atoms with E-state index in [0.717, 1.165) is 0 Å². The Labute approximate surface area is 74.7 Å². The van der Waals surface area contributed by atoms with Gasteiger partial charge in [0.05, 0.1) is 12.2 Å². The summed E-state index contributed by atoms with van der Waals surface area (Å²) < 4.78 is 23.5. The molecule has 0 atom stereocenters. The molecular formula is C9H9FO3. The summed E-state index contributed by atoms with van der Waals surface area (Å²) in [6, 6.07) is 2.77. The highest BCUT2D eigenvalue weighted by molar-refractivity contribution is 5.47. The highest BCUT2D eigenvalue weighted by Gasteiger charge is 2.18. The number of benzene rings is 1. The predicted molar refractivity (Wildman–Crippen MR) is 43.3 cm³/mol. The maximum atomic E-state index is 13.1. The Morgan fingerprint density at radius 2 is 2.08 bits per heavy atom. The molecule has 0 aromatic heterocycles. The molecule has 1 aliphatic rings. The van der Waals surface area contributed by atoms with Gasteiger partial charge in [0.25, 0.3) is 0 Å². The summed E-state index contributed by atoms with van der Waals surface area (Å²) in [4.78, 5) is 0. The van der Waals surface area contributed by atoms with E-state index in [1.54, 1.807) is 0 Å². The van der Waals surface area contributed by atoms with E-state index in [1.807, 2.05) is 0 Å². The monoisotopic (exact) mass is 184 g/mol. The molecule has 70 valence electrons. The number of fused-ring (bicyclic) bond motifs is 1. The van der Waals surface area contributed by atoms with Crippen molar-refractivity contribution in [2.24, 2.45) is 0 Å². The van der Waals surface area contributed by atoms with Crippen molar-refractivity contribution in [1.29, 1.82) is 0 Å². The molecular weight excluding hydrogens is 175 g/mol. The van der Waals surface area contributed by atoms with Gasteiger partial charge in [-0.25, -0.2) is 4.39 Å². The van der Waals surface area contributed by atoms with E-state index in [2.05, 4.69) is 0 Å². The molecule has 0 unspecified atom stereocenters. The molecule has 1 aromatic rings. The molecule has 0 amide bonds. The van der Waals surface area contributed by atoms with E-state index in [4.69, 9.17) is 14.6 Å². The lowest BCUT2D eigenvalue weighted by Crippen LogP contribution is -2.17. The Balaban J connectivity index is 2.52. The van der Waals surface area contributed by atoms with Crippen molar-refractivity contribution in [3.05, 3.63) is 23.5 Å². The highest BCUT2D eigenvalue weighted by Crippen LogP contribution is 2.35. The number of aliphatic hydroxyl groups excluding tert-OH is 1. The number of hydrogen-bond acceptors (Lipinski definition) is 3. The van der Waals surface area contributed by atoms with Gasteiger partial charge in [-0.2, -0.15) is 0 Å². The molecule has 3 nitrogen and oxygen atoms in total. The Morgan fingerprint density at radius 1 is 1.31 bits per heavy atom. The third kappa shape index (κ3) is 1.33. The van der Waals surface area contributed by atoms with Gasteiger partial charge in [-0.3, -0.25) is 0 Å². The van der Waals surface area contributed by atoms with Gasteiger partial charge in [0.2, 0.25) is 0 Å². The van der Waals surface area contributed by atoms with Gasteiger partial charge >= 0.3 is 0 Å². The molecule has 1 aliphatic heterocycles. The van der Waals surface area contributed by atoms with Gasteiger partial charge < -0.3 is 14.6 Å². The largest absolute Gasteiger partial charge is 0.486 e. The molecule has 4 heteroatoms. The summed E-state index contributed by atoms with van der Waals surface area (Å²) in [6.07, 6.45) is 0. The lowest BCUT2D eigenvalue weighted by Gasteiger charge is -2.20. The molecule has 2 rings (SSSR count). The molecule has 0 fully saturated rings. The van der Waals surface area contributed by atoms with Crippen LogP contribution < -0.4 is 9.47 Å². The first-order valence-corrected chi connectivity index (χ1v) is 4.01. The van der Waals surface area contributed by atoms with Crippen molar-refractivity contribution in [2.75, 3.05) is 13.2 Å². The van der Waals surface area contributed by atoms with Crippen LogP contribution in [0, 0.1) is 5.82 Å². The van der Waals surface area contributed by atoms with E-state index in [0.29, 0.717) is 24.7 Å². The Hall–Kier alpha value is -1.29. The Bertz CT molecular complexity index is 325. The van der Waals surface area contributed by atoms with Gasteiger partial charge in [-0.05, 0) is 12.1 Å². The Kier molecular flexibility index (Phi) is 2.06. The molecule has 0 radical (unpaired) electrons. The van der Waals surface area contributed by atoms with Crippen LogP contribution in [0.3, 0.4) is 0 Å². The van der Waals surface area contributed by atoms with Crippen LogP contribution in [0.1, 0.15) is 5.56 Å². The zero-order chi connectivity index (χ0) is 9.26. The maximum absolute atomic E-state index is 13.1. The van der Waals surface area contributed by atoms with Crippen LogP contribution >= 0.6 is 0 Å². The quantitative estimate of drug-likeness (QED) is 0.710. The average Bonchev–Trinajstić information content (AvgIpc) is 2.18. The van der Waals surface area contributed by atoms with Crippen LogP contribution in [-0.4, -0.2) is 18.3 Å². The number of ether oxygens (including phenoxy) is 2. The fourth-order valence-electron chi connectivity index (χ4n) is 1.30. The maximum Gasteiger partial charge on any atom is 0.169 e. The van der Waals surface area contributed by atoms with Crippen LogP contribution in [0.5, 0.6) is 11.5 Å². The minimum absolute atomic E-state index is 0.164. The fourth-order valence-corrected chi connectivity index (χ4v) is 1.30. The molecule has 1 heterocycles. The van der Waals surface area contributed by atoms with Gasteiger partial charge in [-0.1, -0.05) is 0 Å². The smallest absolute Gasteiger partial charge is 0.169 e. The van der Waals surface area contributed by atoms with E-state index < -0.39 is 5.82 Å². The van der Waals surface area contributed by atoms with Crippen molar-refractivity contribution in [3.63, 3.8) is 0 Å². The van der Waals surface area contributed by atoms with E-state index in [-0.39, 0.29) is 12.2 Å². The first kappa shape index (κ1) is 8.31. The first-order chi connectivity index (χ1) is 6.33. The molecule has 0 saturated carbocycles. The van der Waals surface area contributed by atoms with Crippen molar-refractivity contribution in [2.45, 2.75) is 6.61 Å². The molecule has 0 aliphatic carbocycles. The third-order valence-electron chi connectivity index (χ3n) is 1.91. The highest BCUT2D eigenvalue weighted by atomic mass is 19.1. The third-order valence-corrected chi connectivity index (χ3v) is 1.91. The van der Waals surface area contributed by atoms with Crippen LogP contribution in [0.15, 0.2) is 12.1 Å². The molecule has 13 heavy (non-hydrogen) atoms. The van der Waals surface area contributed by atoms with Crippen LogP contribution in [0.25, 0.3) is 0 Å². The number of rotatable bonds is 1. The minimum atomic E-state index is -0.466. The summed E-state index contributed by atoms with van der Waals surface area (Å²) in [5, 5.41) is 8.90. The molecule has 0 spiro atoms. The fraction of sp³-hybridized carbons (Fsp3) is 0.333. The topological polar surface area (TPSA) is 38.7 Å². The standard InChI is InChI=1S/C9H9FO3/c10-7-1-2-8-9(6(7)5-11)13-4-3-12-8/h1-2,11H,3-5H2. The Morgan fingerprint density at radius 3 is 2.85 bits per heavy atom. The summed E-state index contributed by atoms with van der Waals surface area (Å²) in [5.41, 5.74) is 0.164. The average molecular weight is 184 g/mol. The molecule has 1 aromatic carbocycles. The summed E-state index contributed by atoms with van der Waals surface area (Å²) >= 11 is 0. The normalized spacial score (nSPS) is 14.3. The lowest BCUT2D eigenvalue weighted by atomic mass is 10.1. The number of halogens is 1. The zero-order valence-corrected chi connectivity index (χ0v) is 6.92. The predicted octanol–water partition coefficient (Wildman–Crippen LogP) is 1.09. The van der Waals surface area contributed by atoms with Gasteiger partial charge in [0, 0.05) is 0 Å². The molecule has 1 N–H and O–H groups in total. The van der Waals surface area contributed by atoms with Crippen LogP contribution in [0.2, 0.25) is 0 Å². The minimum Gasteiger partial charge on any atom is -0.486 e. The lowest BCUT2D eigenvalue weighted by molar-refractivity contribution is 0.163. The van der Waals surface area contributed by atoms with Crippen molar-refractivity contribution < 1.29 is 19.0 Å². The van der Waals surface area contributed by atoms with Gasteiger partial charge in [0.1, 0.15) is 19.0 Å². The van der Waals surface area contributed by atoms with Crippen LogP contribution in [0.4, 0.5) is 4.39 Å². The van der Waals surface area contributed by atoms with Crippen molar-refractivity contribution >= 4 is 0 Å². The summed E-state index contributed by atoms with van der Waals surface area (Å²) in [7, 11) is 0. The van der Waals surface area contributed by atoms with Crippen LogP contribution in [-0.2, 0) is 6.61 Å². The second-order valence-corrected chi connectivity index (χ2v) is 2.71. The second-order valence-electron chi connectivity index (χ2n) is 2.71. The molecule has 0 saturated heterocycles. The first-order valence-electron chi connectivity index (χ1n) is 4.01. The van der Waals surface area contributed by atoms with Crippen molar-refractivity contribution in [3.8, 4) is 11.5 Å². The zero-order valence-electron chi connectivity index (χ0n) is 6.92. The van der Waals surface area contributed by atoms with Gasteiger partial charge in [-0.15, -0.1) is 0 Å². The van der Waals surface area contributed by atoms with Crippen molar-refractivity contribution in [1.82, 2.24) is 0 Å². The van der Waals surface area contributed by atoms with E-state index in [1.165, 1.54) is 12.1 Å². The summed E-state index contributed by atoms with van der Waals surface area (Å²) in [6.45, 7) is 0.478.